The molecule has 4 aliphatic carbocycles. The van der Waals surface area contributed by atoms with Gasteiger partial charge in [0.25, 0.3) is 0 Å². The van der Waals surface area contributed by atoms with Crippen molar-refractivity contribution in [2.45, 2.75) is 90.3 Å². The molecule has 7 atom stereocenters. The van der Waals surface area contributed by atoms with E-state index in [1.54, 1.807) is 0 Å². The molecule has 3 saturated carbocycles. The lowest BCUT2D eigenvalue weighted by Gasteiger charge is -2.60. The van der Waals surface area contributed by atoms with Gasteiger partial charge in [-0.05, 0) is 74.2 Å². The van der Waals surface area contributed by atoms with Crippen molar-refractivity contribution in [2.24, 2.45) is 28.6 Å². The summed E-state index contributed by atoms with van der Waals surface area (Å²) in [7, 11) is 0. The standard InChI is InChI=1S/C25H36O5S/c1-4-5-21(29)30-25(20(28)14-31)11-9-18-17-7-6-15-12-16(26)8-10-23(15,2)22(17)19(27)13-24(18,25)3/h12,17-19,22,27,31H,4-11,13-14H2,1-3H3/t17-,18-,19-,22?,23-,24-,25-/m0/s1. The van der Waals surface area contributed by atoms with Gasteiger partial charge in [0.05, 0.1) is 11.9 Å². The number of ketones is 2. The number of esters is 1. The van der Waals surface area contributed by atoms with Gasteiger partial charge < -0.3 is 9.84 Å². The summed E-state index contributed by atoms with van der Waals surface area (Å²) in [6.45, 7) is 6.20. The second-order valence-corrected chi connectivity index (χ2v) is 11.1. The van der Waals surface area contributed by atoms with E-state index in [1.165, 1.54) is 5.57 Å². The van der Waals surface area contributed by atoms with Crippen molar-refractivity contribution in [1.29, 1.82) is 0 Å². The number of Topliss-reactive ketones (excluding diaryl/α,β-unsaturated/α-hetero) is 1. The summed E-state index contributed by atoms with van der Waals surface area (Å²) >= 11 is 4.27. The van der Waals surface area contributed by atoms with E-state index in [4.69, 9.17) is 4.74 Å². The smallest absolute Gasteiger partial charge is 0.306 e. The maximum Gasteiger partial charge on any atom is 0.306 e. The van der Waals surface area contributed by atoms with Crippen LogP contribution in [0.1, 0.15) is 78.6 Å². The van der Waals surface area contributed by atoms with E-state index >= 15 is 0 Å². The summed E-state index contributed by atoms with van der Waals surface area (Å²) in [5.41, 5.74) is -0.775. The molecule has 0 saturated heterocycles. The molecule has 6 heteroatoms. The van der Waals surface area contributed by atoms with Gasteiger partial charge in [-0.2, -0.15) is 12.6 Å². The molecule has 4 rings (SSSR count). The molecule has 0 amide bonds. The van der Waals surface area contributed by atoms with E-state index in [9.17, 15) is 19.5 Å². The highest BCUT2D eigenvalue weighted by Gasteiger charge is 2.70. The van der Waals surface area contributed by atoms with Crippen LogP contribution in [0.25, 0.3) is 0 Å². The average Bonchev–Trinajstić information content (AvgIpc) is 3.00. The van der Waals surface area contributed by atoms with Gasteiger partial charge in [-0.25, -0.2) is 0 Å². The van der Waals surface area contributed by atoms with Crippen LogP contribution in [0.3, 0.4) is 0 Å². The molecule has 172 valence electrons. The minimum atomic E-state index is -1.20. The summed E-state index contributed by atoms with van der Waals surface area (Å²) in [6.07, 6.45) is 7.06. The Morgan fingerprint density at radius 3 is 2.65 bits per heavy atom. The van der Waals surface area contributed by atoms with E-state index in [1.807, 2.05) is 13.0 Å². The first kappa shape index (κ1) is 23.0. The molecule has 4 aliphatic rings. The molecule has 0 aromatic heterocycles. The van der Waals surface area contributed by atoms with Gasteiger partial charge in [-0.15, -0.1) is 0 Å². The number of allylic oxidation sites excluding steroid dienone is 1. The highest BCUT2D eigenvalue weighted by Crippen LogP contribution is 2.68. The summed E-state index contributed by atoms with van der Waals surface area (Å²) in [6, 6.07) is 0. The van der Waals surface area contributed by atoms with Crippen LogP contribution in [-0.4, -0.2) is 40.1 Å². The van der Waals surface area contributed by atoms with Gasteiger partial charge in [0.15, 0.2) is 17.2 Å². The first-order chi connectivity index (χ1) is 14.6. The predicted octanol–water partition coefficient (Wildman–Crippen LogP) is 4.07. The van der Waals surface area contributed by atoms with Crippen molar-refractivity contribution in [2.75, 3.05) is 5.75 Å². The number of aliphatic hydroxyl groups excluding tert-OH is 1. The number of fused-ring (bicyclic) bond motifs is 5. The molecule has 5 nitrogen and oxygen atoms in total. The van der Waals surface area contributed by atoms with E-state index in [0.717, 1.165) is 25.7 Å². The number of hydrogen-bond donors (Lipinski definition) is 2. The number of rotatable bonds is 5. The van der Waals surface area contributed by atoms with Crippen LogP contribution < -0.4 is 0 Å². The van der Waals surface area contributed by atoms with Crippen molar-refractivity contribution >= 4 is 30.2 Å². The van der Waals surface area contributed by atoms with Crippen molar-refractivity contribution in [3.63, 3.8) is 0 Å². The maximum atomic E-state index is 13.2. The third-order valence-corrected chi connectivity index (χ3v) is 9.64. The summed E-state index contributed by atoms with van der Waals surface area (Å²) < 4.78 is 6.03. The van der Waals surface area contributed by atoms with Crippen molar-refractivity contribution < 1.29 is 24.2 Å². The van der Waals surface area contributed by atoms with E-state index < -0.39 is 17.1 Å². The second kappa shape index (κ2) is 8.02. The van der Waals surface area contributed by atoms with Gasteiger partial charge in [0, 0.05) is 18.3 Å². The normalized spacial score (nSPS) is 44.0. The molecule has 0 aliphatic heterocycles. The minimum Gasteiger partial charge on any atom is -0.450 e. The van der Waals surface area contributed by atoms with E-state index in [-0.39, 0.29) is 52.9 Å². The number of thiol groups is 1. The molecule has 1 unspecified atom stereocenters. The molecule has 0 spiro atoms. The fourth-order valence-electron chi connectivity index (χ4n) is 7.94. The van der Waals surface area contributed by atoms with Gasteiger partial charge in [0.1, 0.15) is 0 Å². The van der Waals surface area contributed by atoms with Crippen LogP contribution in [-0.2, 0) is 19.1 Å². The monoisotopic (exact) mass is 448 g/mol. The SMILES string of the molecule is CCCC(=O)O[C@]1(C(=O)CS)CC[C@H]2[C@@H]3CCC4=CC(=O)CC[C@]4(C)C3[C@@H](O)C[C@@]21C. The molecule has 1 N–H and O–H groups in total. The van der Waals surface area contributed by atoms with Crippen LogP contribution in [0.2, 0.25) is 0 Å². The third-order valence-electron chi connectivity index (χ3n) is 9.35. The topological polar surface area (TPSA) is 80.7 Å². The van der Waals surface area contributed by atoms with Gasteiger partial charge in [0.2, 0.25) is 0 Å². The fourth-order valence-corrected chi connectivity index (χ4v) is 8.19. The highest BCUT2D eigenvalue weighted by molar-refractivity contribution is 7.81. The Hall–Kier alpha value is -1.14. The van der Waals surface area contributed by atoms with Crippen molar-refractivity contribution in [3.8, 4) is 0 Å². The first-order valence-corrected chi connectivity index (χ1v) is 12.5. The average molecular weight is 449 g/mol. The molecular weight excluding hydrogens is 412 g/mol. The van der Waals surface area contributed by atoms with E-state index in [2.05, 4.69) is 26.5 Å². The van der Waals surface area contributed by atoms with E-state index in [0.29, 0.717) is 25.7 Å². The Morgan fingerprint density at radius 2 is 1.97 bits per heavy atom. The quantitative estimate of drug-likeness (QED) is 0.489. The predicted molar refractivity (Wildman–Crippen MR) is 121 cm³/mol. The Morgan fingerprint density at radius 1 is 1.23 bits per heavy atom. The lowest BCUT2D eigenvalue weighted by molar-refractivity contribution is -0.200. The second-order valence-electron chi connectivity index (χ2n) is 10.7. The lowest BCUT2D eigenvalue weighted by atomic mass is 9.45. The molecule has 0 heterocycles. The largest absolute Gasteiger partial charge is 0.450 e. The Kier molecular flexibility index (Phi) is 5.96. The highest BCUT2D eigenvalue weighted by atomic mass is 32.1. The lowest BCUT2D eigenvalue weighted by Crippen LogP contribution is -2.63. The van der Waals surface area contributed by atoms with Crippen LogP contribution in [0.4, 0.5) is 0 Å². The molecule has 31 heavy (non-hydrogen) atoms. The van der Waals surface area contributed by atoms with Crippen molar-refractivity contribution in [1.82, 2.24) is 0 Å². The van der Waals surface area contributed by atoms with Crippen LogP contribution in [0, 0.1) is 28.6 Å². The Balaban J connectivity index is 1.73. The van der Waals surface area contributed by atoms with Crippen molar-refractivity contribution in [3.05, 3.63) is 11.6 Å². The van der Waals surface area contributed by atoms with Crippen LogP contribution >= 0.6 is 12.6 Å². The zero-order chi connectivity index (χ0) is 22.6. The number of ether oxygens (including phenoxy) is 1. The molecule has 0 aromatic rings. The minimum absolute atomic E-state index is 0.0264. The zero-order valence-electron chi connectivity index (χ0n) is 19.0. The molecule has 0 aromatic carbocycles. The summed E-state index contributed by atoms with van der Waals surface area (Å²) in [5.74, 6) is 0.289. The fraction of sp³-hybridized carbons (Fsp3) is 0.800. The number of aliphatic hydroxyl groups is 1. The Labute approximate surface area is 190 Å². The Bertz CT molecular complexity index is 821. The summed E-state index contributed by atoms with van der Waals surface area (Å²) in [4.78, 5) is 37.9. The number of carbonyl (C=O) groups excluding carboxylic acids is 3. The molecule has 0 bridgehead atoms. The maximum absolute atomic E-state index is 13.2. The van der Waals surface area contributed by atoms with Gasteiger partial charge in [-0.1, -0.05) is 26.3 Å². The molecule has 0 radical (unpaired) electrons. The van der Waals surface area contributed by atoms with Crippen LogP contribution in [0.15, 0.2) is 11.6 Å². The summed E-state index contributed by atoms with van der Waals surface area (Å²) in [5, 5.41) is 11.5. The first-order valence-electron chi connectivity index (χ1n) is 11.9. The van der Waals surface area contributed by atoms with Gasteiger partial charge >= 0.3 is 5.97 Å². The molecular formula is C25H36O5S. The number of carbonyl (C=O) groups is 3. The third kappa shape index (κ3) is 3.26. The zero-order valence-corrected chi connectivity index (χ0v) is 19.9. The number of hydrogen-bond acceptors (Lipinski definition) is 6. The van der Waals surface area contributed by atoms with Crippen LogP contribution in [0.5, 0.6) is 0 Å². The van der Waals surface area contributed by atoms with Gasteiger partial charge in [-0.3, -0.25) is 14.4 Å². The molecule has 3 fully saturated rings.